The van der Waals surface area contributed by atoms with Crippen LogP contribution in [0.4, 0.5) is 11.4 Å². The molecule has 2 aliphatic heterocycles. The van der Waals surface area contributed by atoms with Crippen molar-refractivity contribution >= 4 is 43.1 Å². The average molecular weight is 856 g/mol. The highest BCUT2D eigenvalue weighted by Gasteiger charge is 2.45. The van der Waals surface area contributed by atoms with Crippen molar-refractivity contribution in [3.63, 3.8) is 0 Å². The fourth-order valence-electron chi connectivity index (χ4n) is 8.30. The van der Waals surface area contributed by atoms with Gasteiger partial charge in [0.15, 0.2) is 5.71 Å². The first-order valence-corrected chi connectivity index (χ1v) is 24.1. The Balaban J connectivity index is 1.42. The van der Waals surface area contributed by atoms with E-state index < -0.39 is 25.7 Å². The molecule has 0 spiro atoms. The van der Waals surface area contributed by atoms with Crippen LogP contribution in [0.15, 0.2) is 117 Å². The maximum atomic E-state index is 12.3. The molecule has 0 fully saturated rings. The highest BCUT2D eigenvalue weighted by atomic mass is 32.2. The lowest BCUT2D eigenvalue weighted by molar-refractivity contribution is -0.438. The Labute approximate surface area is 356 Å². The van der Waals surface area contributed by atoms with Crippen LogP contribution in [0.5, 0.6) is 5.75 Å². The molecule has 3 aliphatic rings. The predicted molar refractivity (Wildman–Crippen MR) is 238 cm³/mol. The van der Waals surface area contributed by atoms with E-state index in [4.69, 9.17) is 4.74 Å². The van der Waals surface area contributed by atoms with Gasteiger partial charge in [0.2, 0.25) is 5.69 Å². The van der Waals surface area contributed by atoms with Crippen molar-refractivity contribution in [3.05, 3.63) is 124 Å². The third kappa shape index (κ3) is 10.1. The molecule has 0 bridgehead atoms. The zero-order chi connectivity index (χ0) is 43.4. The molecule has 0 saturated heterocycles. The number of ether oxygens (including phenoxy) is 1. The number of rotatable bonds is 17. The highest BCUT2D eigenvalue weighted by Crippen LogP contribution is 2.42. The standard InChI is InChI=1S/C48H58N2O8S2/c1-7-9-28-49-38(30-37-31-40(59(52,53)54)22-24-43(37)49)19-17-35-12-11-13-36(47(35)58-39-20-14-34(15-21-39)16-26-45(51)33(3)4)18-27-46-48(5,6)42-32-41(60(55,56)57)23-25-44(42)50(46)29-10-8-2/h14-15,17-25,27,31-33H,7-13,16,26,28-30H2,1-6H3,(H-,52,53,54,55,56,57)/p+1. The van der Waals surface area contributed by atoms with Gasteiger partial charge < -0.3 is 9.64 Å². The van der Waals surface area contributed by atoms with E-state index >= 15 is 0 Å². The molecule has 60 heavy (non-hydrogen) atoms. The molecule has 2 N–H and O–H groups in total. The topological polar surface area (TPSA) is 141 Å². The van der Waals surface area contributed by atoms with Gasteiger partial charge in [-0.25, -0.2) is 0 Å². The number of carbonyl (C=O) groups is 1. The number of hydrogen-bond donors (Lipinski definition) is 2. The molecule has 0 saturated carbocycles. The summed E-state index contributed by atoms with van der Waals surface area (Å²) in [5.74, 6) is 1.66. The number of allylic oxidation sites excluding steroid dienone is 7. The van der Waals surface area contributed by atoms with E-state index in [1.54, 1.807) is 24.3 Å². The average Bonchev–Trinajstić information content (AvgIpc) is 3.66. The van der Waals surface area contributed by atoms with Gasteiger partial charge in [-0.2, -0.15) is 21.4 Å². The molecule has 10 nitrogen and oxygen atoms in total. The number of benzene rings is 3. The lowest BCUT2D eigenvalue weighted by atomic mass is 9.81. The highest BCUT2D eigenvalue weighted by molar-refractivity contribution is 7.86. The van der Waals surface area contributed by atoms with Gasteiger partial charge in [-0.3, -0.25) is 13.9 Å². The van der Waals surface area contributed by atoms with Crippen LogP contribution < -0.4 is 9.64 Å². The van der Waals surface area contributed by atoms with Gasteiger partial charge in [0.05, 0.1) is 15.2 Å². The Morgan fingerprint density at radius 1 is 0.883 bits per heavy atom. The van der Waals surface area contributed by atoms with Crippen LogP contribution in [0, 0.1) is 5.92 Å². The second kappa shape index (κ2) is 18.6. The zero-order valence-electron chi connectivity index (χ0n) is 35.7. The zero-order valence-corrected chi connectivity index (χ0v) is 37.3. The molecule has 1 aliphatic carbocycles. The molecule has 3 aromatic rings. The van der Waals surface area contributed by atoms with Crippen LogP contribution in [-0.2, 0) is 43.3 Å². The molecule has 0 amide bonds. The number of aryl methyl sites for hydroxylation is 1. The van der Waals surface area contributed by atoms with E-state index in [0.717, 1.165) is 114 Å². The van der Waals surface area contributed by atoms with Crippen molar-refractivity contribution in [3.8, 4) is 5.75 Å². The first kappa shape index (κ1) is 44.9. The fraction of sp³-hybridized carbons (Fsp3) is 0.417. The summed E-state index contributed by atoms with van der Waals surface area (Å²) in [6, 6.07) is 17.5. The van der Waals surface area contributed by atoms with Crippen LogP contribution in [0.1, 0.15) is 110 Å². The van der Waals surface area contributed by atoms with Crippen molar-refractivity contribution in [2.75, 3.05) is 18.0 Å². The minimum absolute atomic E-state index is 0.00111. The van der Waals surface area contributed by atoms with E-state index in [0.29, 0.717) is 25.0 Å². The van der Waals surface area contributed by atoms with Gasteiger partial charge >= 0.3 is 0 Å². The van der Waals surface area contributed by atoms with E-state index in [1.807, 2.05) is 38.1 Å². The van der Waals surface area contributed by atoms with E-state index in [1.165, 1.54) is 12.1 Å². The van der Waals surface area contributed by atoms with Gasteiger partial charge in [0.25, 0.3) is 20.2 Å². The summed E-state index contributed by atoms with van der Waals surface area (Å²) in [6.07, 6.45) is 16.4. The van der Waals surface area contributed by atoms with Crippen LogP contribution in [0.3, 0.4) is 0 Å². The maximum Gasteiger partial charge on any atom is 0.294 e. The third-order valence-electron chi connectivity index (χ3n) is 11.8. The van der Waals surface area contributed by atoms with Crippen molar-refractivity contribution in [1.29, 1.82) is 0 Å². The molecule has 0 aromatic heterocycles. The monoisotopic (exact) mass is 855 g/mol. The quantitative estimate of drug-likeness (QED) is 0.100. The van der Waals surface area contributed by atoms with Gasteiger partial charge in [0.1, 0.15) is 23.8 Å². The van der Waals surface area contributed by atoms with Crippen molar-refractivity contribution in [2.45, 2.75) is 121 Å². The number of Topliss-reactive ketones (excluding diaryl/α,β-unsaturated/α-hetero) is 1. The summed E-state index contributed by atoms with van der Waals surface area (Å²) in [5.41, 5.74) is 8.10. The Morgan fingerprint density at radius 3 is 2.23 bits per heavy atom. The Morgan fingerprint density at radius 2 is 1.57 bits per heavy atom. The molecule has 0 atom stereocenters. The van der Waals surface area contributed by atoms with Gasteiger partial charge in [0, 0.05) is 60.8 Å². The first-order chi connectivity index (χ1) is 28.4. The third-order valence-corrected chi connectivity index (χ3v) is 13.5. The largest absolute Gasteiger partial charge is 0.457 e. The second-order valence-corrected chi connectivity index (χ2v) is 19.7. The number of hydrogen-bond acceptors (Lipinski definition) is 7. The summed E-state index contributed by atoms with van der Waals surface area (Å²) in [6.45, 7) is 13.8. The molecule has 320 valence electrons. The van der Waals surface area contributed by atoms with Crippen molar-refractivity contribution in [1.82, 2.24) is 0 Å². The van der Waals surface area contributed by atoms with Crippen LogP contribution in [0.25, 0.3) is 0 Å². The Bertz CT molecular complexity index is 2510. The number of nitrogens with zero attached hydrogens (tertiary/aromatic N) is 2. The summed E-state index contributed by atoms with van der Waals surface area (Å²) < 4.78 is 77.1. The van der Waals surface area contributed by atoms with E-state index in [9.17, 15) is 30.7 Å². The Kier molecular flexibility index (Phi) is 13.9. The van der Waals surface area contributed by atoms with Gasteiger partial charge in [-0.1, -0.05) is 58.7 Å². The SMILES string of the molecule is CCCCN1/C(=C/C=C2\CCCC(/C=C/C3=[N+](CCCC)c4ccc(S(=O)(=O)O)cc4C3(C)C)=C2Oc2ccc(CCC(=O)C(C)C)cc2)Cc2cc(S(=O)(=O)O)ccc21. The molecule has 2 heterocycles. The molecule has 3 aromatic carbocycles. The normalized spacial score (nSPS) is 18.1. The number of carbonyl (C=O) groups excluding carboxylic acids is 1. The minimum Gasteiger partial charge on any atom is -0.457 e. The number of anilines is 1. The number of ketones is 1. The molecule has 0 unspecified atom stereocenters. The molecule has 0 radical (unpaired) electrons. The summed E-state index contributed by atoms with van der Waals surface area (Å²) in [7, 11) is -8.74. The fourth-order valence-corrected chi connectivity index (χ4v) is 9.34. The van der Waals surface area contributed by atoms with Crippen LogP contribution in [-0.4, -0.2) is 55.1 Å². The lowest BCUT2D eigenvalue weighted by Gasteiger charge is -2.23. The summed E-state index contributed by atoms with van der Waals surface area (Å²) in [5, 5.41) is 0. The lowest BCUT2D eigenvalue weighted by Crippen LogP contribution is -2.28. The maximum absolute atomic E-state index is 12.3. The number of unbranched alkanes of at least 4 members (excludes halogenated alkanes) is 2. The number of fused-ring (bicyclic) bond motifs is 2. The predicted octanol–water partition coefficient (Wildman–Crippen LogP) is 10.3. The van der Waals surface area contributed by atoms with Crippen LogP contribution in [0.2, 0.25) is 0 Å². The Hall–Kier alpha value is -4.62. The summed E-state index contributed by atoms with van der Waals surface area (Å²) >= 11 is 0. The molecular weight excluding hydrogens is 797 g/mol. The van der Waals surface area contributed by atoms with E-state index in [2.05, 4.69) is 61.5 Å². The van der Waals surface area contributed by atoms with Gasteiger partial charge in [-0.05, 0) is 123 Å². The molecule has 6 rings (SSSR count). The van der Waals surface area contributed by atoms with Gasteiger partial charge in [-0.15, -0.1) is 0 Å². The first-order valence-electron chi connectivity index (χ1n) is 21.2. The molecule has 12 heteroatoms. The molecular formula is C48H59N2O8S2+. The van der Waals surface area contributed by atoms with E-state index in [-0.39, 0.29) is 21.5 Å². The second-order valence-electron chi connectivity index (χ2n) is 16.9. The van der Waals surface area contributed by atoms with Crippen molar-refractivity contribution in [2.24, 2.45) is 5.92 Å². The summed E-state index contributed by atoms with van der Waals surface area (Å²) in [4.78, 5) is 14.3. The minimum atomic E-state index is -4.39. The van der Waals surface area contributed by atoms with Crippen molar-refractivity contribution < 1.29 is 40.0 Å². The smallest absolute Gasteiger partial charge is 0.294 e. The van der Waals surface area contributed by atoms with Crippen LogP contribution >= 0.6 is 0 Å².